The minimum atomic E-state index is -0.121. The molecule has 4 aliphatic rings. The van der Waals surface area contributed by atoms with Crippen LogP contribution in [0.5, 0.6) is 0 Å². The number of hydrogen-bond acceptors (Lipinski definition) is 3. The van der Waals surface area contributed by atoms with E-state index in [1.807, 2.05) is 7.11 Å². The summed E-state index contributed by atoms with van der Waals surface area (Å²) in [5, 5.41) is 20.8. The summed E-state index contributed by atoms with van der Waals surface area (Å²) in [7, 11) is 1.88. The lowest BCUT2D eigenvalue weighted by Crippen LogP contribution is -2.59. The number of hydrogen-bond donors (Lipinski definition) is 2. The van der Waals surface area contributed by atoms with Gasteiger partial charge in [0, 0.05) is 7.11 Å². The Kier molecular flexibility index (Phi) is 3.87. The largest absolute Gasteiger partial charge is 0.393 e. The SMILES string of the molecule is CO[C@H]1C[C@H]2C[C@@H](O)CC[C@]2(C)[C@H]2CC[C@]3(C)[C@@H](O)CC[C@H]3[C@H]12. The zero-order valence-electron chi connectivity index (χ0n) is 15.0. The van der Waals surface area contributed by atoms with Crippen LogP contribution in [0.4, 0.5) is 0 Å². The highest BCUT2D eigenvalue weighted by Crippen LogP contribution is 2.66. The van der Waals surface area contributed by atoms with E-state index in [0.29, 0.717) is 35.2 Å². The van der Waals surface area contributed by atoms with Crippen LogP contribution in [0.3, 0.4) is 0 Å². The van der Waals surface area contributed by atoms with Gasteiger partial charge >= 0.3 is 0 Å². The molecule has 2 N–H and O–H groups in total. The Morgan fingerprint density at radius 3 is 2.30 bits per heavy atom. The van der Waals surface area contributed by atoms with Gasteiger partial charge in [-0.2, -0.15) is 0 Å². The Morgan fingerprint density at radius 1 is 0.870 bits per heavy atom. The highest BCUT2D eigenvalue weighted by Gasteiger charge is 2.62. The fourth-order valence-corrected chi connectivity index (χ4v) is 7.40. The van der Waals surface area contributed by atoms with Crippen LogP contribution < -0.4 is 0 Å². The molecule has 0 saturated heterocycles. The van der Waals surface area contributed by atoms with Crippen LogP contribution in [0, 0.1) is 34.5 Å². The molecule has 9 atom stereocenters. The van der Waals surface area contributed by atoms with E-state index >= 15 is 0 Å². The van der Waals surface area contributed by atoms with E-state index in [0.717, 1.165) is 25.7 Å². The molecule has 0 aliphatic heterocycles. The molecule has 4 saturated carbocycles. The Balaban J connectivity index is 1.69. The zero-order chi connectivity index (χ0) is 16.4. The van der Waals surface area contributed by atoms with Crippen LogP contribution >= 0.6 is 0 Å². The van der Waals surface area contributed by atoms with Crippen LogP contribution in [-0.4, -0.2) is 35.6 Å². The Morgan fingerprint density at radius 2 is 1.57 bits per heavy atom. The Labute approximate surface area is 140 Å². The van der Waals surface area contributed by atoms with Gasteiger partial charge in [0.25, 0.3) is 0 Å². The summed E-state index contributed by atoms with van der Waals surface area (Å²) < 4.78 is 6.02. The van der Waals surface area contributed by atoms with E-state index in [4.69, 9.17) is 4.74 Å². The molecule has 0 amide bonds. The lowest BCUT2D eigenvalue weighted by atomic mass is 9.44. The third-order valence-corrected chi connectivity index (χ3v) is 8.88. The second kappa shape index (κ2) is 5.44. The lowest BCUT2D eigenvalue weighted by Gasteiger charge is -2.62. The van der Waals surface area contributed by atoms with E-state index in [9.17, 15) is 10.2 Å². The van der Waals surface area contributed by atoms with E-state index < -0.39 is 0 Å². The van der Waals surface area contributed by atoms with Crippen molar-refractivity contribution < 1.29 is 14.9 Å². The summed E-state index contributed by atoms with van der Waals surface area (Å²) in [5.74, 6) is 2.54. The molecule has 3 nitrogen and oxygen atoms in total. The Bertz CT molecular complexity index is 466. The molecule has 0 aromatic carbocycles. The van der Waals surface area contributed by atoms with Crippen LogP contribution in [-0.2, 0) is 4.74 Å². The molecular formula is C20H34O3. The summed E-state index contributed by atoms with van der Waals surface area (Å²) in [6.07, 6.45) is 8.84. The van der Waals surface area contributed by atoms with Crippen LogP contribution in [0.2, 0.25) is 0 Å². The molecule has 3 heteroatoms. The first-order valence-electron chi connectivity index (χ1n) is 9.79. The molecule has 0 radical (unpaired) electrons. The molecule has 23 heavy (non-hydrogen) atoms. The number of methoxy groups -OCH3 is 1. The molecule has 4 rings (SSSR count). The average molecular weight is 322 g/mol. The molecule has 0 heterocycles. The van der Waals surface area contributed by atoms with Crippen molar-refractivity contribution in [3.8, 4) is 0 Å². The van der Waals surface area contributed by atoms with Crippen molar-refractivity contribution in [2.45, 2.75) is 83.5 Å². The molecule has 0 bridgehead atoms. The minimum absolute atomic E-state index is 0.106. The number of aliphatic hydroxyl groups excluding tert-OH is 2. The first-order valence-corrected chi connectivity index (χ1v) is 9.79. The number of rotatable bonds is 1. The lowest BCUT2D eigenvalue weighted by molar-refractivity contribution is -0.184. The second-order valence-corrected chi connectivity index (χ2v) is 9.57. The normalized spacial score (nSPS) is 59.1. The van der Waals surface area contributed by atoms with Gasteiger partial charge in [0.05, 0.1) is 18.3 Å². The zero-order valence-corrected chi connectivity index (χ0v) is 15.0. The van der Waals surface area contributed by atoms with Gasteiger partial charge in [-0.1, -0.05) is 13.8 Å². The van der Waals surface area contributed by atoms with Gasteiger partial charge in [0.1, 0.15) is 0 Å². The number of fused-ring (bicyclic) bond motifs is 5. The van der Waals surface area contributed by atoms with Gasteiger partial charge < -0.3 is 14.9 Å². The summed E-state index contributed by atoms with van der Waals surface area (Å²) in [6, 6.07) is 0. The molecule has 4 aliphatic carbocycles. The van der Waals surface area contributed by atoms with Crippen molar-refractivity contribution in [3.63, 3.8) is 0 Å². The fraction of sp³-hybridized carbons (Fsp3) is 1.00. The third kappa shape index (κ3) is 2.19. The van der Waals surface area contributed by atoms with Crippen molar-refractivity contribution in [1.29, 1.82) is 0 Å². The van der Waals surface area contributed by atoms with Gasteiger partial charge in [0.15, 0.2) is 0 Å². The molecule has 132 valence electrons. The number of ether oxygens (including phenoxy) is 1. The highest BCUT2D eigenvalue weighted by atomic mass is 16.5. The molecular weight excluding hydrogens is 288 g/mol. The summed E-state index contributed by atoms with van der Waals surface area (Å²) in [4.78, 5) is 0. The second-order valence-electron chi connectivity index (χ2n) is 9.57. The average Bonchev–Trinajstić information content (AvgIpc) is 2.83. The van der Waals surface area contributed by atoms with E-state index in [2.05, 4.69) is 13.8 Å². The van der Waals surface area contributed by atoms with Crippen LogP contribution in [0.15, 0.2) is 0 Å². The summed E-state index contributed by atoms with van der Waals surface area (Å²) in [5.41, 5.74) is 0.475. The fourth-order valence-electron chi connectivity index (χ4n) is 7.40. The first-order chi connectivity index (χ1) is 10.9. The monoisotopic (exact) mass is 322 g/mol. The highest BCUT2D eigenvalue weighted by molar-refractivity contribution is 5.11. The maximum atomic E-state index is 10.6. The molecule has 0 aromatic rings. The van der Waals surface area contributed by atoms with E-state index in [-0.39, 0.29) is 17.6 Å². The molecule has 0 unspecified atom stereocenters. The van der Waals surface area contributed by atoms with Gasteiger partial charge in [-0.15, -0.1) is 0 Å². The Hall–Kier alpha value is -0.120. The smallest absolute Gasteiger partial charge is 0.0608 e. The van der Waals surface area contributed by atoms with Crippen molar-refractivity contribution >= 4 is 0 Å². The van der Waals surface area contributed by atoms with Gasteiger partial charge in [-0.3, -0.25) is 0 Å². The van der Waals surface area contributed by atoms with E-state index in [1.165, 1.54) is 25.7 Å². The quantitative estimate of drug-likeness (QED) is 0.778. The van der Waals surface area contributed by atoms with Crippen molar-refractivity contribution in [3.05, 3.63) is 0 Å². The van der Waals surface area contributed by atoms with Crippen LogP contribution in [0.1, 0.15) is 65.2 Å². The molecule has 0 spiro atoms. The topological polar surface area (TPSA) is 49.7 Å². The van der Waals surface area contributed by atoms with Gasteiger partial charge in [0.2, 0.25) is 0 Å². The third-order valence-electron chi connectivity index (χ3n) is 8.88. The predicted octanol–water partition coefficient (Wildman–Crippen LogP) is 3.38. The molecule has 0 aromatic heterocycles. The van der Waals surface area contributed by atoms with Crippen molar-refractivity contribution in [1.82, 2.24) is 0 Å². The van der Waals surface area contributed by atoms with Gasteiger partial charge in [-0.05, 0) is 85.9 Å². The van der Waals surface area contributed by atoms with E-state index in [1.54, 1.807) is 0 Å². The summed E-state index contributed by atoms with van der Waals surface area (Å²) in [6.45, 7) is 4.83. The maximum absolute atomic E-state index is 10.6. The van der Waals surface area contributed by atoms with Gasteiger partial charge in [-0.25, -0.2) is 0 Å². The summed E-state index contributed by atoms with van der Waals surface area (Å²) >= 11 is 0. The minimum Gasteiger partial charge on any atom is -0.393 e. The predicted molar refractivity (Wildman–Crippen MR) is 89.9 cm³/mol. The van der Waals surface area contributed by atoms with Crippen molar-refractivity contribution in [2.75, 3.05) is 7.11 Å². The standard InChI is InChI=1S/C20H34O3/c1-19-8-6-13(21)10-12(19)11-16(23-3)18-14-4-5-17(22)20(14,2)9-7-15(18)19/h12-18,21-22H,4-11H2,1-3H3/t12-,13+,14+,15+,16+,17+,18+,19+,20+/m1/s1. The maximum Gasteiger partial charge on any atom is 0.0608 e. The van der Waals surface area contributed by atoms with Crippen molar-refractivity contribution in [2.24, 2.45) is 34.5 Å². The number of aliphatic hydroxyl groups is 2. The first kappa shape index (κ1) is 16.4. The van der Waals surface area contributed by atoms with Crippen LogP contribution in [0.25, 0.3) is 0 Å². The molecule has 4 fully saturated rings.